The van der Waals surface area contributed by atoms with Crippen molar-refractivity contribution in [3.05, 3.63) is 186 Å². The van der Waals surface area contributed by atoms with Crippen LogP contribution in [0.2, 0.25) is 0 Å². The van der Waals surface area contributed by atoms with Crippen molar-refractivity contribution in [3.63, 3.8) is 0 Å². The maximum absolute atomic E-state index is 2.51. The summed E-state index contributed by atoms with van der Waals surface area (Å²) in [6.45, 7) is 4.83. The molecular formula is C61H59N. The van der Waals surface area contributed by atoms with Gasteiger partial charge in [-0.3, -0.25) is 0 Å². The molecule has 7 aromatic rings. The molecule has 0 atom stereocenters. The van der Waals surface area contributed by atoms with Crippen LogP contribution in [0.5, 0.6) is 0 Å². The molecule has 0 heterocycles. The van der Waals surface area contributed by atoms with Crippen LogP contribution < -0.4 is 4.90 Å². The fraction of sp³-hybridized carbons (Fsp3) is 0.311. The summed E-state index contributed by atoms with van der Waals surface area (Å²) in [7, 11) is 0. The second kappa shape index (κ2) is 15.3. The monoisotopic (exact) mass is 805 g/mol. The molecule has 13 rings (SSSR count). The molecule has 308 valence electrons. The predicted molar refractivity (Wildman–Crippen MR) is 261 cm³/mol. The minimum Gasteiger partial charge on any atom is -0.310 e. The normalized spacial score (nSPS) is 23.2. The molecule has 0 N–H and O–H groups in total. The third-order valence-corrected chi connectivity index (χ3v) is 16.5. The lowest BCUT2D eigenvalue weighted by atomic mass is 9.51. The van der Waals surface area contributed by atoms with Gasteiger partial charge in [0, 0.05) is 22.5 Å². The van der Waals surface area contributed by atoms with Gasteiger partial charge in [0.15, 0.2) is 0 Å². The van der Waals surface area contributed by atoms with E-state index in [4.69, 9.17) is 0 Å². The highest BCUT2D eigenvalue weighted by molar-refractivity contribution is 5.94. The van der Waals surface area contributed by atoms with Crippen LogP contribution in [0.4, 0.5) is 17.1 Å². The van der Waals surface area contributed by atoms with Crippen LogP contribution in [0.3, 0.4) is 0 Å². The van der Waals surface area contributed by atoms with Crippen molar-refractivity contribution in [3.8, 4) is 44.5 Å². The average Bonchev–Trinajstić information content (AvgIpc) is 3.55. The van der Waals surface area contributed by atoms with Crippen LogP contribution in [0.1, 0.15) is 112 Å². The van der Waals surface area contributed by atoms with E-state index in [0.29, 0.717) is 0 Å². The van der Waals surface area contributed by atoms with Crippen molar-refractivity contribution >= 4 is 17.1 Å². The zero-order valence-electron chi connectivity index (χ0n) is 36.6. The summed E-state index contributed by atoms with van der Waals surface area (Å²) < 4.78 is 0. The highest BCUT2D eigenvalue weighted by Gasteiger charge is 2.48. The quantitative estimate of drug-likeness (QED) is 0.148. The van der Waals surface area contributed by atoms with Crippen LogP contribution in [0, 0.1) is 23.7 Å². The summed E-state index contributed by atoms with van der Waals surface area (Å²) in [6, 6.07) is 62.9. The lowest BCUT2D eigenvalue weighted by Crippen LogP contribution is -2.43. The molecule has 0 amide bonds. The van der Waals surface area contributed by atoms with Crippen LogP contribution in [0.25, 0.3) is 44.5 Å². The molecule has 4 bridgehead atoms. The van der Waals surface area contributed by atoms with Gasteiger partial charge in [-0.05, 0) is 184 Å². The number of hydrogen-bond acceptors (Lipinski definition) is 1. The number of hydrogen-bond donors (Lipinski definition) is 0. The van der Waals surface area contributed by atoms with Crippen LogP contribution in [-0.4, -0.2) is 0 Å². The Bertz CT molecular complexity index is 2700. The lowest BCUT2D eigenvalue weighted by Gasteiger charge is -2.54. The van der Waals surface area contributed by atoms with E-state index in [2.05, 4.69) is 183 Å². The molecule has 7 aromatic carbocycles. The van der Waals surface area contributed by atoms with E-state index in [-0.39, 0.29) is 5.41 Å². The molecule has 5 saturated carbocycles. The van der Waals surface area contributed by atoms with Gasteiger partial charge < -0.3 is 4.90 Å². The number of fused-ring (bicyclic) bond motifs is 3. The van der Waals surface area contributed by atoms with E-state index in [1.54, 1.807) is 5.56 Å². The van der Waals surface area contributed by atoms with Gasteiger partial charge in [0.1, 0.15) is 0 Å². The fourth-order valence-corrected chi connectivity index (χ4v) is 13.7. The highest BCUT2D eigenvalue weighted by Crippen LogP contribution is 2.60. The van der Waals surface area contributed by atoms with E-state index >= 15 is 0 Å². The van der Waals surface area contributed by atoms with Crippen molar-refractivity contribution in [2.24, 2.45) is 23.7 Å². The summed E-state index contributed by atoms with van der Waals surface area (Å²) in [5.74, 6) is 5.18. The zero-order valence-corrected chi connectivity index (χ0v) is 36.6. The van der Waals surface area contributed by atoms with Gasteiger partial charge in [-0.1, -0.05) is 161 Å². The maximum Gasteiger partial charge on any atom is 0.0465 e. The molecule has 0 aliphatic heterocycles. The Kier molecular flexibility index (Phi) is 9.39. The Morgan fingerprint density at radius 3 is 1.60 bits per heavy atom. The minimum atomic E-state index is -0.136. The second-order valence-electron chi connectivity index (χ2n) is 20.4. The van der Waals surface area contributed by atoms with Gasteiger partial charge >= 0.3 is 0 Å². The SMILES string of the molecule is CC1(C)c2cc(N(c3ccc(-c4ccccc4-c4ccc(C5CCCCC5)cc4)cc3)c3ccc(C4C5CC6CC(C5)CC4C6)cc3)ccc2-c2c(-c3ccccc3)cccc21. The van der Waals surface area contributed by atoms with Crippen molar-refractivity contribution in [2.75, 3.05) is 4.90 Å². The summed E-state index contributed by atoms with van der Waals surface area (Å²) in [6.07, 6.45) is 14.1. The largest absolute Gasteiger partial charge is 0.310 e. The first-order valence-corrected chi connectivity index (χ1v) is 24.0. The first kappa shape index (κ1) is 38.0. The number of nitrogens with zero attached hydrogens (tertiary/aromatic N) is 1. The third-order valence-electron chi connectivity index (χ3n) is 16.5. The molecule has 0 radical (unpaired) electrons. The molecule has 62 heavy (non-hydrogen) atoms. The van der Waals surface area contributed by atoms with E-state index in [1.807, 2.05) is 0 Å². The Hall–Kier alpha value is -5.66. The molecule has 6 aliphatic carbocycles. The standard InChI is InChI=1S/C61H59N/c1-61(2)57-19-11-18-55(44-14-7-4-8-15-44)60(57)56-33-32-52(39-58(56)61)62(51-30-26-47(27-31-51)59-48-35-40-34-41(37-48)38-49(59)36-40)50-28-24-46(25-29-50)54-17-10-9-16-53(54)45-22-20-43(21-23-45)42-12-5-3-6-13-42/h4,7-11,14-33,39-42,48-49,59H,3,5-6,12-13,34-38H2,1-2H3. The number of rotatable bonds is 8. The summed E-state index contributed by atoms with van der Waals surface area (Å²) in [4.78, 5) is 2.51. The van der Waals surface area contributed by atoms with Gasteiger partial charge in [0.05, 0.1) is 0 Å². The summed E-state index contributed by atoms with van der Waals surface area (Å²) in [5.41, 5.74) is 19.8. The van der Waals surface area contributed by atoms with Crippen LogP contribution in [0.15, 0.2) is 164 Å². The molecular weight excluding hydrogens is 747 g/mol. The second-order valence-corrected chi connectivity index (χ2v) is 20.4. The van der Waals surface area contributed by atoms with Crippen molar-refractivity contribution in [1.82, 2.24) is 0 Å². The molecule has 5 fully saturated rings. The summed E-state index contributed by atoms with van der Waals surface area (Å²) in [5, 5.41) is 0. The number of benzene rings is 7. The van der Waals surface area contributed by atoms with Gasteiger partial charge in [0.25, 0.3) is 0 Å². The molecule has 6 aliphatic rings. The van der Waals surface area contributed by atoms with Crippen molar-refractivity contribution in [1.29, 1.82) is 0 Å². The first-order chi connectivity index (χ1) is 30.5. The van der Waals surface area contributed by atoms with E-state index in [0.717, 1.165) is 35.5 Å². The Balaban J connectivity index is 0.921. The average molecular weight is 806 g/mol. The fourth-order valence-electron chi connectivity index (χ4n) is 13.7. The third kappa shape index (κ3) is 6.49. The molecule has 1 nitrogen and oxygen atoms in total. The van der Waals surface area contributed by atoms with Crippen molar-refractivity contribution in [2.45, 2.75) is 95.3 Å². The smallest absolute Gasteiger partial charge is 0.0465 e. The predicted octanol–water partition coefficient (Wildman–Crippen LogP) is 17.1. The minimum absolute atomic E-state index is 0.136. The van der Waals surface area contributed by atoms with Gasteiger partial charge in [0.2, 0.25) is 0 Å². The molecule has 0 saturated heterocycles. The van der Waals surface area contributed by atoms with Gasteiger partial charge in [-0.2, -0.15) is 0 Å². The molecule has 0 aromatic heterocycles. The first-order valence-electron chi connectivity index (χ1n) is 24.0. The van der Waals surface area contributed by atoms with Crippen LogP contribution >= 0.6 is 0 Å². The van der Waals surface area contributed by atoms with Crippen molar-refractivity contribution < 1.29 is 0 Å². The van der Waals surface area contributed by atoms with E-state index in [9.17, 15) is 0 Å². The Morgan fingerprint density at radius 2 is 0.952 bits per heavy atom. The van der Waals surface area contributed by atoms with Gasteiger partial charge in [-0.25, -0.2) is 0 Å². The zero-order chi connectivity index (χ0) is 41.4. The van der Waals surface area contributed by atoms with E-state index in [1.165, 1.54) is 142 Å². The lowest BCUT2D eigenvalue weighted by molar-refractivity contribution is -0.00277. The topological polar surface area (TPSA) is 3.24 Å². The Morgan fingerprint density at radius 1 is 0.419 bits per heavy atom. The highest BCUT2D eigenvalue weighted by atomic mass is 15.1. The summed E-state index contributed by atoms with van der Waals surface area (Å²) >= 11 is 0. The van der Waals surface area contributed by atoms with Gasteiger partial charge in [-0.15, -0.1) is 0 Å². The number of anilines is 3. The Labute approximate surface area is 369 Å². The van der Waals surface area contributed by atoms with Crippen LogP contribution in [-0.2, 0) is 5.41 Å². The molecule has 0 spiro atoms. The molecule has 1 heteroatoms. The maximum atomic E-state index is 2.51. The molecule has 0 unspecified atom stereocenters. The van der Waals surface area contributed by atoms with E-state index < -0.39 is 0 Å².